The van der Waals surface area contributed by atoms with Gasteiger partial charge in [0.25, 0.3) is 0 Å². The number of ether oxygens (including phenoxy) is 1. The Balaban J connectivity index is 1.94. The third-order valence-electron chi connectivity index (χ3n) is 2.91. The van der Waals surface area contributed by atoms with Gasteiger partial charge < -0.3 is 14.4 Å². The molecule has 0 aliphatic rings. The maximum absolute atomic E-state index is 10.5. The van der Waals surface area contributed by atoms with Crippen LogP contribution in [0.4, 0.5) is 0 Å². The number of aryl methyl sites for hydroxylation is 2. The van der Waals surface area contributed by atoms with Gasteiger partial charge in [-0.25, -0.2) is 0 Å². The van der Waals surface area contributed by atoms with E-state index in [9.17, 15) is 4.79 Å². The second-order valence-electron chi connectivity index (χ2n) is 4.67. The van der Waals surface area contributed by atoms with Crippen LogP contribution in [0.25, 0.3) is 0 Å². The molecule has 5 nitrogen and oxygen atoms in total. The van der Waals surface area contributed by atoms with E-state index in [0.29, 0.717) is 17.9 Å². The molecule has 0 saturated carbocycles. The minimum atomic E-state index is -0.792. The number of nitrogens with zero attached hydrogens (tertiary/aromatic N) is 1. The van der Waals surface area contributed by atoms with E-state index >= 15 is 0 Å². The molecule has 2 aromatic rings. The summed E-state index contributed by atoms with van der Waals surface area (Å²) < 4.78 is 10.9. The van der Waals surface area contributed by atoms with Crippen LogP contribution in [-0.2, 0) is 11.2 Å². The molecule has 0 bridgehead atoms. The molecule has 1 aromatic carbocycles. The van der Waals surface area contributed by atoms with E-state index < -0.39 is 5.97 Å². The van der Waals surface area contributed by atoms with Crippen molar-refractivity contribution in [1.29, 1.82) is 0 Å². The van der Waals surface area contributed by atoms with Crippen molar-refractivity contribution in [3.63, 3.8) is 0 Å². The van der Waals surface area contributed by atoms with Crippen molar-refractivity contribution in [1.82, 2.24) is 5.16 Å². The standard InChI is InChI=1S/C15H17NO4/c1-10-9-14(20-16-10)11(2)19-13-6-3-12(4-7-13)5-8-15(17)18/h3-4,6-7,9,11H,5,8H2,1-2H3,(H,17,18). The minimum Gasteiger partial charge on any atom is -0.483 e. The molecule has 0 aliphatic carbocycles. The molecule has 1 unspecified atom stereocenters. The van der Waals surface area contributed by atoms with Gasteiger partial charge in [0.2, 0.25) is 0 Å². The van der Waals surface area contributed by atoms with Gasteiger partial charge in [-0.3, -0.25) is 4.79 Å². The summed E-state index contributed by atoms with van der Waals surface area (Å²) in [5.74, 6) is 0.600. The number of carboxylic acid groups (broad SMARTS) is 1. The summed E-state index contributed by atoms with van der Waals surface area (Å²) in [6.07, 6.45) is 0.432. The van der Waals surface area contributed by atoms with Gasteiger partial charge in [-0.2, -0.15) is 0 Å². The predicted molar refractivity (Wildman–Crippen MR) is 72.7 cm³/mol. The Kier molecular flexibility index (Phi) is 4.40. The normalized spacial score (nSPS) is 12.1. The Hall–Kier alpha value is -2.30. The summed E-state index contributed by atoms with van der Waals surface area (Å²) in [5.41, 5.74) is 1.79. The van der Waals surface area contributed by atoms with E-state index in [2.05, 4.69) is 5.16 Å². The first-order valence-electron chi connectivity index (χ1n) is 6.45. The van der Waals surface area contributed by atoms with Gasteiger partial charge >= 0.3 is 5.97 Å². The third-order valence-corrected chi connectivity index (χ3v) is 2.91. The summed E-state index contributed by atoms with van der Waals surface area (Å²) in [7, 11) is 0. The smallest absolute Gasteiger partial charge is 0.303 e. The van der Waals surface area contributed by atoms with E-state index in [1.54, 1.807) is 0 Å². The molecule has 1 atom stereocenters. The second kappa shape index (κ2) is 6.23. The van der Waals surface area contributed by atoms with E-state index in [1.807, 2.05) is 44.2 Å². The Morgan fingerprint density at radius 1 is 1.40 bits per heavy atom. The summed E-state index contributed by atoms with van der Waals surface area (Å²) >= 11 is 0. The zero-order chi connectivity index (χ0) is 14.5. The van der Waals surface area contributed by atoms with Crippen molar-refractivity contribution in [3.8, 4) is 5.75 Å². The topological polar surface area (TPSA) is 72.6 Å². The SMILES string of the molecule is Cc1cc(C(C)Oc2ccc(CCC(=O)O)cc2)on1. The van der Waals surface area contributed by atoms with Gasteiger partial charge in [0.15, 0.2) is 11.9 Å². The molecule has 1 aromatic heterocycles. The monoisotopic (exact) mass is 275 g/mol. The predicted octanol–water partition coefficient (Wildman–Crippen LogP) is 3.14. The fourth-order valence-electron chi connectivity index (χ4n) is 1.82. The molecule has 1 N–H and O–H groups in total. The second-order valence-corrected chi connectivity index (χ2v) is 4.67. The molecule has 0 spiro atoms. The Labute approximate surface area is 117 Å². The van der Waals surface area contributed by atoms with E-state index in [1.165, 1.54) is 0 Å². The van der Waals surface area contributed by atoms with Gasteiger partial charge in [0.05, 0.1) is 5.69 Å². The first kappa shape index (κ1) is 14.1. The highest BCUT2D eigenvalue weighted by molar-refractivity contribution is 5.67. The molecule has 0 saturated heterocycles. The van der Waals surface area contributed by atoms with Crippen LogP contribution < -0.4 is 4.74 Å². The third kappa shape index (κ3) is 3.85. The van der Waals surface area contributed by atoms with Crippen molar-refractivity contribution in [2.45, 2.75) is 32.8 Å². The average molecular weight is 275 g/mol. The summed E-state index contributed by atoms with van der Waals surface area (Å²) in [6, 6.07) is 9.24. The molecule has 20 heavy (non-hydrogen) atoms. The van der Waals surface area contributed by atoms with Crippen LogP contribution >= 0.6 is 0 Å². The number of benzene rings is 1. The Bertz CT molecular complexity index is 574. The molecule has 0 aliphatic heterocycles. The molecular weight excluding hydrogens is 258 g/mol. The van der Waals surface area contributed by atoms with Crippen LogP contribution in [0.15, 0.2) is 34.9 Å². The van der Waals surface area contributed by atoms with Crippen LogP contribution in [0, 0.1) is 6.92 Å². The van der Waals surface area contributed by atoms with Crippen LogP contribution in [0.3, 0.4) is 0 Å². The maximum Gasteiger partial charge on any atom is 0.303 e. The quantitative estimate of drug-likeness (QED) is 0.876. The number of aliphatic carboxylic acids is 1. The molecular formula is C15H17NO4. The highest BCUT2D eigenvalue weighted by Gasteiger charge is 2.12. The fourth-order valence-corrected chi connectivity index (χ4v) is 1.82. The van der Waals surface area contributed by atoms with Gasteiger partial charge in [-0.1, -0.05) is 17.3 Å². The lowest BCUT2D eigenvalue weighted by molar-refractivity contribution is -0.136. The highest BCUT2D eigenvalue weighted by atomic mass is 16.5. The lowest BCUT2D eigenvalue weighted by Gasteiger charge is -2.12. The summed E-state index contributed by atoms with van der Waals surface area (Å²) in [6.45, 7) is 3.75. The zero-order valence-electron chi connectivity index (χ0n) is 11.5. The van der Waals surface area contributed by atoms with Crippen molar-refractivity contribution in [3.05, 3.63) is 47.3 Å². The number of carboxylic acids is 1. The van der Waals surface area contributed by atoms with Gasteiger partial charge in [-0.05, 0) is 38.0 Å². The average Bonchev–Trinajstić information content (AvgIpc) is 2.85. The highest BCUT2D eigenvalue weighted by Crippen LogP contribution is 2.22. The van der Waals surface area contributed by atoms with Crippen molar-refractivity contribution < 1.29 is 19.2 Å². The van der Waals surface area contributed by atoms with Crippen molar-refractivity contribution in [2.24, 2.45) is 0 Å². The van der Waals surface area contributed by atoms with Crippen LogP contribution in [0.2, 0.25) is 0 Å². The largest absolute Gasteiger partial charge is 0.483 e. The fraction of sp³-hybridized carbons (Fsp3) is 0.333. The van der Waals surface area contributed by atoms with E-state index in [0.717, 1.165) is 11.3 Å². The minimum absolute atomic E-state index is 0.133. The number of rotatable bonds is 6. The summed E-state index contributed by atoms with van der Waals surface area (Å²) in [5, 5.41) is 12.5. The molecule has 0 fully saturated rings. The molecule has 1 heterocycles. The lowest BCUT2D eigenvalue weighted by atomic mass is 10.1. The number of aromatic nitrogens is 1. The molecule has 5 heteroatoms. The Morgan fingerprint density at radius 3 is 2.65 bits per heavy atom. The lowest BCUT2D eigenvalue weighted by Crippen LogP contribution is -2.02. The van der Waals surface area contributed by atoms with E-state index in [4.69, 9.17) is 14.4 Å². The van der Waals surface area contributed by atoms with Crippen LogP contribution in [0.5, 0.6) is 5.75 Å². The molecule has 0 radical (unpaired) electrons. The van der Waals surface area contributed by atoms with Gasteiger partial charge in [0.1, 0.15) is 5.75 Å². The van der Waals surface area contributed by atoms with Gasteiger partial charge in [0, 0.05) is 12.5 Å². The number of hydrogen-bond acceptors (Lipinski definition) is 4. The van der Waals surface area contributed by atoms with Crippen LogP contribution in [-0.4, -0.2) is 16.2 Å². The first-order valence-corrected chi connectivity index (χ1v) is 6.45. The molecule has 106 valence electrons. The number of carbonyl (C=O) groups is 1. The molecule has 2 rings (SSSR count). The van der Waals surface area contributed by atoms with Crippen molar-refractivity contribution >= 4 is 5.97 Å². The van der Waals surface area contributed by atoms with Gasteiger partial charge in [-0.15, -0.1) is 0 Å². The van der Waals surface area contributed by atoms with Crippen molar-refractivity contribution in [2.75, 3.05) is 0 Å². The Morgan fingerprint density at radius 2 is 2.10 bits per heavy atom. The maximum atomic E-state index is 10.5. The number of hydrogen-bond donors (Lipinski definition) is 1. The van der Waals surface area contributed by atoms with Crippen LogP contribution in [0.1, 0.15) is 36.5 Å². The first-order chi connectivity index (χ1) is 9.54. The zero-order valence-corrected chi connectivity index (χ0v) is 11.5. The summed E-state index contributed by atoms with van der Waals surface area (Å²) in [4.78, 5) is 10.5. The van der Waals surface area contributed by atoms with E-state index in [-0.39, 0.29) is 12.5 Å². The molecule has 0 amide bonds.